The summed E-state index contributed by atoms with van der Waals surface area (Å²) in [5.74, 6) is 0.500. The van der Waals surface area contributed by atoms with Gasteiger partial charge < -0.3 is 14.6 Å². The van der Waals surface area contributed by atoms with E-state index in [-0.39, 0.29) is 12.2 Å². The van der Waals surface area contributed by atoms with Gasteiger partial charge in [0.05, 0.1) is 25.4 Å². The Kier molecular flexibility index (Phi) is 3.98. The predicted octanol–water partition coefficient (Wildman–Crippen LogP) is 0.809. The van der Waals surface area contributed by atoms with Gasteiger partial charge in [-0.2, -0.15) is 0 Å². The average Bonchev–Trinajstić information content (AvgIpc) is 2.83. The van der Waals surface area contributed by atoms with E-state index in [9.17, 15) is 5.11 Å². The van der Waals surface area contributed by atoms with Crippen LogP contribution >= 0.6 is 0 Å². The molecule has 1 aliphatic carbocycles. The summed E-state index contributed by atoms with van der Waals surface area (Å²) in [5, 5.41) is 9.44. The first kappa shape index (κ1) is 9.96. The molecule has 0 amide bonds. The van der Waals surface area contributed by atoms with Crippen LogP contribution in [-0.4, -0.2) is 37.6 Å². The van der Waals surface area contributed by atoms with Crippen molar-refractivity contribution < 1.29 is 14.6 Å². The minimum Gasteiger partial charge on any atom is -0.390 e. The first-order valence-corrected chi connectivity index (χ1v) is 4.52. The minimum atomic E-state index is -0.260. The van der Waals surface area contributed by atoms with Crippen LogP contribution < -0.4 is 0 Å². The van der Waals surface area contributed by atoms with Crippen LogP contribution in [-0.2, 0) is 9.47 Å². The molecule has 1 N–H and O–H groups in total. The second-order valence-electron chi connectivity index (χ2n) is 3.50. The monoisotopic (exact) mass is 174 g/mol. The van der Waals surface area contributed by atoms with Crippen molar-refractivity contribution in [2.75, 3.05) is 20.3 Å². The molecule has 1 aliphatic rings. The molecular weight excluding hydrogens is 156 g/mol. The highest BCUT2D eigenvalue weighted by atomic mass is 16.5. The van der Waals surface area contributed by atoms with E-state index >= 15 is 0 Å². The van der Waals surface area contributed by atoms with Gasteiger partial charge in [-0.15, -0.1) is 0 Å². The second-order valence-corrected chi connectivity index (χ2v) is 3.50. The van der Waals surface area contributed by atoms with Crippen LogP contribution in [0.15, 0.2) is 0 Å². The lowest BCUT2D eigenvalue weighted by Crippen LogP contribution is -2.23. The van der Waals surface area contributed by atoms with Gasteiger partial charge in [-0.25, -0.2) is 0 Å². The third-order valence-corrected chi connectivity index (χ3v) is 2.12. The van der Waals surface area contributed by atoms with Crippen molar-refractivity contribution in [2.24, 2.45) is 5.92 Å². The zero-order valence-electron chi connectivity index (χ0n) is 7.82. The first-order chi connectivity index (χ1) is 5.74. The molecule has 0 aromatic rings. The highest BCUT2D eigenvalue weighted by molar-refractivity contribution is 4.80. The number of rotatable bonds is 6. The first-order valence-electron chi connectivity index (χ1n) is 4.52. The lowest BCUT2D eigenvalue weighted by molar-refractivity contribution is -0.0372. The molecule has 3 heteroatoms. The van der Waals surface area contributed by atoms with E-state index in [0.29, 0.717) is 19.1 Å². The van der Waals surface area contributed by atoms with E-state index in [4.69, 9.17) is 9.47 Å². The van der Waals surface area contributed by atoms with Crippen molar-refractivity contribution in [3.05, 3.63) is 0 Å². The molecule has 0 saturated heterocycles. The molecule has 1 fully saturated rings. The Balaban J connectivity index is 1.99. The van der Waals surface area contributed by atoms with Crippen LogP contribution in [0.2, 0.25) is 0 Å². The van der Waals surface area contributed by atoms with E-state index in [0.717, 1.165) is 12.8 Å². The predicted molar refractivity (Wildman–Crippen MR) is 46.0 cm³/mol. The van der Waals surface area contributed by atoms with Crippen LogP contribution in [0.3, 0.4) is 0 Å². The quantitative estimate of drug-likeness (QED) is 0.647. The Morgan fingerprint density at radius 3 is 2.58 bits per heavy atom. The second kappa shape index (κ2) is 4.80. The van der Waals surface area contributed by atoms with Crippen LogP contribution in [0.1, 0.15) is 19.8 Å². The molecule has 1 saturated carbocycles. The molecule has 1 rings (SSSR count). The maximum atomic E-state index is 9.44. The lowest BCUT2D eigenvalue weighted by atomic mass is 10.2. The fraction of sp³-hybridized carbons (Fsp3) is 1.00. The van der Waals surface area contributed by atoms with Gasteiger partial charge in [0.1, 0.15) is 0 Å². The molecule has 0 bridgehead atoms. The van der Waals surface area contributed by atoms with Crippen molar-refractivity contribution in [1.82, 2.24) is 0 Å². The van der Waals surface area contributed by atoms with E-state index in [1.807, 2.05) is 6.92 Å². The van der Waals surface area contributed by atoms with Gasteiger partial charge in [0, 0.05) is 7.11 Å². The molecule has 0 radical (unpaired) electrons. The zero-order chi connectivity index (χ0) is 8.97. The molecular formula is C9H18O3. The van der Waals surface area contributed by atoms with Crippen LogP contribution in [0.5, 0.6) is 0 Å². The summed E-state index contributed by atoms with van der Waals surface area (Å²) >= 11 is 0. The molecule has 3 nitrogen and oxygen atoms in total. The summed E-state index contributed by atoms with van der Waals surface area (Å²) in [6, 6.07) is 0. The summed E-state index contributed by atoms with van der Waals surface area (Å²) in [5.41, 5.74) is 0. The summed E-state index contributed by atoms with van der Waals surface area (Å²) in [7, 11) is 1.65. The van der Waals surface area contributed by atoms with E-state index < -0.39 is 0 Å². The van der Waals surface area contributed by atoms with Crippen molar-refractivity contribution in [1.29, 1.82) is 0 Å². The number of aliphatic hydroxyl groups excluding tert-OH is 1. The third kappa shape index (κ3) is 3.52. The Labute approximate surface area is 73.7 Å². The van der Waals surface area contributed by atoms with Gasteiger partial charge in [0.2, 0.25) is 0 Å². The number of aliphatic hydroxyl groups is 1. The van der Waals surface area contributed by atoms with Gasteiger partial charge in [-0.05, 0) is 25.7 Å². The summed E-state index contributed by atoms with van der Waals surface area (Å²) in [6.07, 6.45) is 2.14. The van der Waals surface area contributed by atoms with Gasteiger partial charge in [0.25, 0.3) is 0 Å². The maximum Gasteiger partial charge on any atom is 0.0801 e. The standard InChI is InChI=1S/C9H18O3/c1-7(5-11-2)12-6-9(10)8-3-4-8/h7-10H,3-6H2,1-2H3. The maximum absolute atomic E-state index is 9.44. The van der Waals surface area contributed by atoms with Crippen molar-refractivity contribution in [3.63, 3.8) is 0 Å². The molecule has 2 atom stereocenters. The largest absolute Gasteiger partial charge is 0.390 e. The minimum absolute atomic E-state index is 0.0865. The zero-order valence-corrected chi connectivity index (χ0v) is 7.82. The Hall–Kier alpha value is -0.120. The molecule has 0 spiro atoms. The highest BCUT2D eigenvalue weighted by Gasteiger charge is 2.29. The Bertz CT molecular complexity index is 123. The SMILES string of the molecule is COCC(C)OCC(O)C1CC1. The molecule has 0 aliphatic heterocycles. The highest BCUT2D eigenvalue weighted by Crippen LogP contribution is 2.32. The molecule has 72 valence electrons. The number of methoxy groups -OCH3 is 1. The Morgan fingerprint density at radius 2 is 2.08 bits per heavy atom. The summed E-state index contributed by atoms with van der Waals surface area (Å²) < 4.78 is 10.3. The molecule has 0 aromatic heterocycles. The molecule has 2 unspecified atom stereocenters. The van der Waals surface area contributed by atoms with Crippen molar-refractivity contribution in [2.45, 2.75) is 32.0 Å². The molecule has 12 heavy (non-hydrogen) atoms. The normalized spacial score (nSPS) is 22.2. The number of hydrogen-bond acceptors (Lipinski definition) is 3. The average molecular weight is 174 g/mol. The van der Waals surface area contributed by atoms with Crippen LogP contribution in [0.4, 0.5) is 0 Å². The fourth-order valence-corrected chi connectivity index (χ4v) is 1.16. The molecule has 0 heterocycles. The van der Waals surface area contributed by atoms with E-state index in [2.05, 4.69) is 0 Å². The van der Waals surface area contributed by atoms with Crippen molar-refractivity contribution in [3.8, 4) is 0 Å². The number of hydrogen-bond donors (Lipinski definition) is 1. The van der Waals surface area contributed by atoms with Gasteiger partial charge in [-0.3, -0.25) is 0 Å². The van der Waals surface area contributed by atoms with Crippen LogP contribution in [0.25, 0.3) is 0 Å². The van der Waals surface area contributed by atoms with Crippen molar-refractivity contribution >= 4 is 0 Å². The van der Waals surface area contributed by atoms with Gasteiger partial charge in [-0.1, -0.05) is 0 Å². The number of ether oxygens (including phenoxy) is 2. The third-order valence-electron chi connectivity index (χ3n) is 2.12. The van der Waals surface area contributed by atoms with E-state index in [1.54, 1.807) is 7.11 Å². The topological polar surface area (TPSA) is 38.7 Å². The fourth-order valence-electron chi connectivity index (χ4n) is 1.16. The summed E-state index contributed by atoms with van der Waals surface area (Å²) in [4.78, 5) is 0. The summed E-state index contributed by atoms with van der Waals surface area (Å²) in [6.45, 7) is 3.00. The van der Waals surface area contributed by atoms with Gasteiger partial charge >= 0.3 is 0 Å². The smallest absolute Gasteiger partial charge is 0.0801 e. The van der Waals surface area contributed by atoms with E-state index in [1.165, 1.54) is 0 Å². The van der Waals surface area contributed by atoms with Crippen LogP contribution in [0, 0.1) is 5.92 Å². The molecule has 0 aromatic carbocycles. The van der Waals surface area contributed by atoms with Gasteiger partial charge in [0.15, 0.2) is 0 Å². The Morgan fingerprint density at radius 1 is 1.42 bits per heavy atom. The lowest BCUT2D eigenvalue weighted by Gasteiger charge is -2.15.